The lowest BCUT2D eigenvalue weighted by Gasteiger charge is -2.22. The molecule has 1 aromatic carbocycles. The Morgan fingerprint density at radius 3 is 2.57 bits per heavy atom. The standard InChI is InChI=1S/C18H27N3O.ClH/c1-13-8-14(2)17(15(3)9-13)20-16(22)10-21-7-5-18(12-21)4-6-19-11-18;/h8-9,19H,4-7,10-12H2,1-3H3,(H,20,22);1H. The van der Waals surface area contributed by atoms with Crippen molar-refractivity contribution in [1.82, 2.24) is 10.2 Å². The second-order valence-corrected chi connectivity index (χ2v) is 7.21. The molecule has 0 radical (unpaired) electrons. The monoisotopic (exact) mass is 337 g/mol. The molecular formula is C18H28ClN3O. The number of amides is 1. The smallest absolute Gasteiger partial charge is 0.238 e. The summed E-state index contributed by atoms with van der Waals surface area (Å²) < 4.78 is 0. The van der Waals surface area contributed by atoms with Gasteiger partial charge in [0, 0.05) is 18.8 Å². The Labute approximate surface area is 145 Å². The number of aryl methyl sites for hydroxylation is 3. The van der Waals surface area contributed by atoms with Crippen LogP contribution in [0.5, 0.6) is 0 Å². The molecule has 2 aliphatic heterocycles. The van der Waals surface area contributed by atoms with Crippen LogP contribution >= 0.6 is 12.4 Å². The zero-order valence-electron chi connectivity index (χ0n) is 14.4. The van der Waals surface area contributed by atoms with Crippen LogP contribution in [0.3, 0.4) is 0 Å². The topological polar surface area (TPSA) is 44.4 Å². The first kappa shape index (κ1) is 18.2. The maximum Gasteiger partial charge on any atom is 0.238 e. The van der Waals surface area contributed by atoms with Gasteiger partial charge in [-0.1, -0.05) is 17.7 Å². The number of hydrogen-bond donors (Lipinski definition) is 2. The number of carbonyl (C=O) groups is 1. The van der Waals surface area contributed by atoms with Crippen molar-refractivity contribution in [3.05, 3.63) is 28.8 Å². The molecule has 1 spiro atoms. The molecule has 2 saturated heterocycles. The number of benzene rings is 1. The predicted octanol–water partition coefficient (Wildman–Crippen LogP) is 2.66. The van der Waals surface area contributed by atoms with Crippen LogP contribution in [0.25, 0.3) is 0 Å². The molecule has 1 aromatic rings. The number of carbonyl (C=O) groups excluding carboxylic acids is 1. The number of halogens is 1. The van der Waals surface area contributed by atoms with E-state index in [4.69, 9.17) is 0 Å². The highest BCUT2D eigenvalue weighted by molar-refractivity contribution is 5.93. The lowest BCUT2D eigenvalue weighted by molar-refractivity contribution is -0.117. The lowest BCUT2D eigenvalue weighted by atomic mass is 9.87. The van der Waals surface area contributed by atoms with E-state index < -0.39 is 0 Å². The maximum absolute atomic E-state index is 12.4. The van der Waals surface area contributed by atoms with E-state index in [9.17, 15) is 4.79 Å². The third-order valence-corrected chi connectivity index (χ3v) is 5.16. The molecule has 2 heterocycles. The predicted molar refractivity (Wildman–Crippen MR) is 97.5 cm³/mol. The fraction of sp³-hybridized carbons (Fsp3) is 0.611. The van der Waals surface area contributed by atoms with Crippen molar-refractivity contribution in [3.63, 3.8) is 0 Å². The van der Waals surface area contributed by atoms with Crippen molar-refractivity contribution in [1.29, 1.82) is 0 Å². The molecule has 23 heavy (non-hydrogen) atoms. The van der Waals surface area contributed by atoms with Gasteiger partial charge < -0.3 is 10.6 Å². The second-order valence-electron chi connectivity index (χ2n) is 7.21. The van der Waals surface area contributed by atoms with E-state index in [0.717, 1.165) is 43.0 Å². The molecule has 128 valence electrons. The summed E-state index contributed by atoms with van der Waals surface area (Å²) in [6.45, 7) is 11.1. The molecule has 0 bridgehead atoms. The average Bonchev–Trinajstić information content (AvgIpc) is 3.05. The van der Waals surface area contributed by atoms with Gasteiger partial charge in [-0.25, -0.2) is 0 Å². The number of nitrogens with one attached hydrogen (secondary N) is 2. The third kappa shape index (κ3) is 4.06. The largest absolute Gasteiger partial charge is 0.324 e. The van der Waals surface area contributed by atoms with E-state index in [1.807, 2.05) is 0 Å². The van der Waals surface area contributed by atoms with E-state index in [1.165, 1.54) is 18.4 Å². The van der Waals surface area contributed by atoms with Gasteiger partial charge in [0.15, 0.2) is 0 Å². The highest BCUT2D eigenvalue weighted by Crippen LogP contribution is 2.35. The van der Waals surface area contributed by atoms with Crippen LogP contribution in [0.15, 0.2) is 12.1 Å². The molecule has 5 heteroatoms. The van der Waals surface area contributed by atoms with Crippen molar-refractivity contribution in [3.8, 4) is 0 Å². The molecule has 1 atom stereocenters. The van der Waals surface area contributed by atoms with Crippen LogP contribution in [0.4, 0.5) is 5.69 Å². The summed E-state index contributed by atoms with van der Waals surface area (Å²) in [4.78, 5) is 14.7. The van der Waals surface area contributed by atoms with Gasteiger partial charge in [-0.05, 0) is 63.2 Å². The number of rotatable bonds is 3. The number of likely N-dealkylation sites (tertiary alicyclic amines) is 1. The summed E-state index contributed by atoms with van der Waals surface area (Å²) >= 11 is 0. The van der Waals surface area contributed by atoms with Crippen molar-refractivity contribution in [2.75, 3.05) is 38.0 Å². The Balaban J connectivity index is 0.00000192. The molecule has 2 aliphatic rings. The van der Waals surface area contributed by atoms with E-state index in [2.05, 4.69) is 48.4 Å². The summed E-state index contributed by atoms with van der Waals surface area (Å²) in [7, 11) is 0. The van der Waals surface area contributed by atoms with Crippen molar-refractivity contribution in [2.45, 2.75) is 33.6 Å². The maximum atomic E-state index is 12.4. The number of anilines is 1. The zero-order valence-corrected chi connectivity index (χ0v) is 15.2. The molecule has 4 nitrogen and oxygen atoms in total. The van der Waals surface area contributed by atoms with Gasteiger partial charge >= 0.3 is 0 Å². The normalized spacial score (nSPS) is 24.0. The molecule has 3 rings (SSSR count). The van der Waals surface area contributed by atoms with Crippen molar-refractivity contribution < 1.29 is 4.79 Å². The van der Waals surface area contributed by atoms with Gasteiger partial charge in [-0.15, -0.1) is 12.4 Å². The van der Waals surface area contributed by atoms with Crippen LogP contribution in [0.2, 0.25) is 0 Å². The summed E-state index contributed by atoms with van der Waals surface area (Å²) in [5.41, 5.74) is 4.93. The zero-order chi connectivity index (χ0) is 15.7. The minimum absolute atomic E-state index is 0. The Kier molecular flexibility index (Phi) is 5.71. The quantitative estimate of drug-likeness (QED) is 0.891. The van der Waals surface area contributed by atoms with Crippen LogP contribution < -0.4 is 10.6 Å². The Hall–Kier alpha value is -1.10. The molecule has 1 amide bonds. The van der Waals surface area contributed by atoms with Gasteiger partial charge in [0.1, 0.15) is 0 Å². The average molecular weight is 338 g/mol. The molecule has 0 saturated carbocycles. The molecule has 2 fully saturated rings. The second kappa shape index (κ2) is 7.20. The molecular weight excluding hydrogens is 310 g/mol. The van der Waals surface area contributed by atoms with Crippen LogP contribution in [-0.2, 0) is 4.79 Å². The van der Waals surface area contributed by atoms with Gasteiger partial charge in [-0.2, -0.15) is 0 Å². The van der Waals surface area contributed by atoms with Gasteiger partial charge in [0.25, 0.3) is 0 Å². The number of hydrogen-bond acceptors (Lipinski definition) is 3. The Morgan fingerprint density at radius 1 is 1.26 bits per heavy atom. The van der Waals surface area contributed by atoms with Crippen LogP contribution in [0.1, 0.15) is 29.5 Å². The van der Waals surface area contributed by atoms with Crippen LogP contribution in [-0.4, -0.2) is 43.5 Å². The summed E-state index contributed by atoms with van der Waals surface area (Å²) in [6, 6.07) is 4.25. The third-order valence-electron chi connectivity index (χ3n) is 5.16. The van der Waals surface area contributed by atoms with Gasteiger partial charge in [0.2, 0.25) is 5.91 Å². The Bertz CT molecular complexity index is 559. The van der Waals surface area contributed by atoms with Crippen molar-refractivity contribution in [2.24, 2.45) is 5.41 Å². The fourth-order valence-corrected chi connectivity index (χ4v) is 4.07. The minimum Gasteiger partial charge on any atom is -0.324 e. The fourth-order valence-electron chi connectivity index (χ4n) is 4.07. The molecule has 0 aromatic heterocycles. The van der Waals surface area contributed by atoms with Crippen molar-refractivity contribution >= 4 is 24.0 Å². The first-order chi connectivity index (χ1) is 10.5. The first-order valence-electron chi connectivity index (χ1n) is 8.28. The molecule has 2 N–H and O–H groups in total. The molecule has 0 aliphatic carbocycles. The Morgan fingerprint density at radius 2 is 1.96 bits per heavy atom. The SMILES string of the molecule is Cc1cc(C)c(NC(=O)CN2CCC3(CCNC3)C2)c(C)c1.Cl. The van der Waals surface area contributed by atoms with E-state index >= 15 is 0 Å². The van der Waals surface area contributed by atoms with E-state index in [-0.39, 0.29) is 18.3 Å². The van der Waals surface area contributed by atoms with Gasteiger partial charge in [-0.3, -0.25) is 9.69 Å². The summed E-state index contributed by atoms with van der Waals surface area (Å²) in [6.07, 6.45) is 2.47. The summed E-state index contributed by atoms with van der Waals surface area (Å²) in [5, 5.41) is 6.58. The lowest BCUT2D eigenvalue weighted by Crippen LogP contribution is -2.34. The summed E-state index contributed by atoms with van der Waals surface area (Å²) in [5.74, 6) is 0.109. The van der Waals surface area contributed by atoms with E-state index in [1.54, 1.807) is 0 Å². The minimum atomic E-state index is 0. The number of nitrogens with zero attached hydrogens (tertiary/aromatic N) is 1. The first-order valence-corrected chi connectivity index (χ1v) is 8.28. The highest BCUT2D eigenvalue weighted by Gasteiger charge is 2.40. The van der Waals surface area contributed by atoms with E-state index in [0.29, 0.717) is 12.0 Å². The van der Waals surface area contributed by atoms with Gasteiger partial charge in [0.05, 0.1) is 6.54 Å². The molecule has 1 unspecified atom stereocenters. The highest BCUT2D eigenvalue weighted by atomic mass is 35.5. The van der Waals surface area contributed by atoms with Crippen LogP contribution in [0, 0.1) is 26.2 Å².